The minimum atomic E-state index is -0.793. The molecule has 0 radical (unpaired) electrons. The van der Waals surface area contributed by atoms with Gasteiger partial charge < -0.3 is 20.3 Å². The van der Waals surface area contributed by atoms with E-state index in [2.05, 4.69) is 62.5 Å². The Balaban J connectivity index is 4.56. The molecule has 0 rings (SSSR count). The summed E-state index contributed by atoms with van der Waals surface area (Å²) in [5.41, 5.74) is 0. The molecule has 1 amide bonds. The second kappa shape index (κ2) is 57.0. The number of carbonyl (C=O) groups excluding carboxylic acids is 2. The Morgan fingerprint density at radius 1 is 0.420 bits per heavy atom. The van der Waals surface area contributed by atoms with Gasteiger partial charge in [0.25, 0.3) is 0 Å². The normalized spacial score (nSPS) is 13.3. The van der Waals surface area contributed by atoms with E-state index >= 15 is 0 Å². The number of hydrogen-bond acceptors (Lipinski definition) is 5. The molecule has 0 aliphatic heterocycles. The monoisotopic (exact) mass is 970 g/mol. The van der Waals surface area contributed by atoms with Gasteiger partial charge in [-0.05, 0) is 77.0 Å². The van der Waals surface area contributed by atoms with Crippen LogP contribution in [-0.2, 0) is 14.3 Å². The standard InChI is InChI=1S/C63H119NO5/c1-4-7-10-13-16-19-22-25-28-31-33-36-39-42-45-48-51-54-59(69-63(68)56-53-50-47-44-41-38-35-30-27-24-21-18-15-12-9-6-3)57-62(67)64-60(58-65)61(66)55-52-49-46-43-40-37-34-32-29-26-23-20-17-14-11-8-5-2/h25,28,30,35,38,41,59-61,65-66H,4-24,26-27,29,31-34,36-37,39-40,42-58H2,1-3H3,(H,64,67)/b28-25+,35-30+,41-38+. The quantitative estimate of drug-likeness (QED) is 0.0244. The lowest BCUT2D eigenvalue weighted by atomic mass is 10.0. The fourth-order valence-electron chi connectivity index (χ4n) is 9.54. The number of nitrogens with one attached hydrogen (secondary N) is 1. The maximum Gasteiger partial charge on any atom is 0.306 e. The van der Waals surface area contributed by atoms with E-state index in [1.807, 2.05) is 0 Å². The number of amides is 1. The van der Waals surface area contributed by atoms with Gasteiger partial charge in [0.1, 0.15) is 6.10 Å². The second-order valence-corrected chi connectivity index (χ2v) is 21.1. The van der Waals surface area contributed by atoms with Crippen molar-refractivity contribution in [3.63, 3.8) is 0 Å². The van der Waals surface area contributed by atoms with Crippen LogP contribution in [0.25, 0.3) is 0 Å². The zero-order valence-electron chi connectivity index (χ0n) is 46.5. The lowest BCUT2D eigenvalue weighted by Crippen LogP contribution is -2.46. The fourth-order valence-corrected chi connectivity index (χ4v) is 9.54. The van der Waals surface area contributed by atoms with Crippen molar-refractivity contribution in [3.05, 3.63) is 36.5 Å². The minimum Gasteiger partial charge on any atom is -0.462 e. The number of carbonyl (C=O) groups is 2. The first-order valence-corrected chi connectivity index (χ1v) is 30.7. The molecule has 6 heteroatoms. The molecule has 0 saturated carbocycles. The van der Waals surface area contributed by atoms with Crippen molar-refractivity contribution in [2.75, 3.05) is 6.61 Å². The molecule has 0 heterocycles. The van der Waals surface area contributed by atoms with E-state index in [-0.39, 0.29) is 24.9 Å². The Kier molecular flexibility index (Phi) is 55.4. The Hall–Kier alpha value is -1.92. The van der Waals surface area contributed by atoms with Gasteiger partial charge in [-0.25, -0.2) is 0 Å². The van der Waals surface area contributed by atoms with Crippen LogP contribution in [0.3, 0.4) is 0 Å². The van der Waals surface area contributed by atoms with Crippen molar-refractivity contribution >= 4 is 11.9 Å². The van der Waals surface area contributed by atoms with Crippen LogP contribution >= 0.6 is 0 Å². The molecule has 0 aromatic rings. The van der Waals surface area contributed by atoms with Gasteiger partial charge in [0.2, 0.25) is 5.91 Å². The van der Waals surface area contributed by atoms with Crippen LogP contribution in [0.1, 0.15) is 329 Å². The summed E-state index contributed by atoms with van der Waals surface area (Å²) in [4.78, 5) is 26.3. The fraction of sp³-hybridized carbons (Fsp3) is 0.873. The highest BCUT2D eigenvalue weighted by molar-refractivity contribution is 5.77. The topological polar surface area (TPSA) is 95.9 Å². The molecule has 0 aliphatic rings. The molecule has 3 atom stereocenters. The average molecular weight is 971 g/mol. The Labute approximate surface area is 430 Å². The molecular formula is C63H119NO5. The van der Waals surface area contributed by atoms with E-state index in [0.717, 1.165) is 64.2 Å². The third-order valence-corrected chi connectivity index (χ3v) is 14.2. The third-order valence-electron chi connectivity index (χ3n) is 14.2. The van der Waals surface area contributed by atoms with E-state index in [0.29, 0.717) is 19.3 Å². The van der Waals surface area contributed by atoms with Gasteiger partial charge >= 0.3 is 5.97 Å². The van der Waals surface area contributed by atoms with Crippen LogP contribution in [0, 0.1) is 0 Å². The number of aliphatic hydroxyl groups is 2. The Bertz CT molecular complexity index is 1130. The lowest BCUT2D eigenvalue weighted by Gasteiger charge is -2.24. The summed E-state index contributed by atoms with van der Waals surface area (Å²) >= 11 is 0. The van der Waals surface area contributed by atoms with Gasteiger partial charge in [0.05, 0.1) is 25.2 Å². The Morgan fingerprint density at radius 3 is 1.12 bits per heavy atom. The van der Waals surface area contributed by atoms with Crippen LogP contribution in [0.15, 0.2) is 36.5 Å². The summed E-state index contributed by atoms with van der Waals surface area (Å²) in [6, 6.07) is -0.708. The predicted molar refractivity (Wildman–Crippen MR) is 301 cm³/mol. The van der Waals surface area contributed by atoms with E-state index in [4.69, 9.17) is 4.74 Å². The number of allylic oxidation sites excluding steroid dienone is 6. The zero-order valence-corrected chi connectivity index (χ0v) is 46.5. The first-order valence-electron chi connectivity index (χ1n) is 30.7. The van der Waals surface area contributed by atoms with Crippen molar-refractivity contribution in [1.82, 2.24) is 5.32 Å². The summed E-state index contributed by atoms with van der Waals surface area (Å²) in [7, 11) is 0. The molecule has 6 nitrogen and oxygen atoms in total. The van der Waals surface area contributed by atoms with E-state index in [1.54, 1.807) is 0 Å². The maximum atomic E-state index is 13.3. The van der Waals surface area contributed by atoms with Crippen molar-refractivity contribution in [2.45, 2.75) is 347 Å². The van der Waals surface area contributed by atoms with Crippen molar-refractivity contribution in [1.29, 1.82) is 0 Å². The predicted octanol–water partition coefficient (Wildman–Crippen LogP) is 19.2. The maximum absolute atomic E-state index is 13.3. The minimum absolute atomic E-state index is 0.0672. The van der Waals surface area contributed by atoms with Crippen LogP contribution in [-0.4, -0.2) is 46.9 Å². The van der Waals surface area contributed by atoms with Crippen LogP contribution in [0.4, 0.5) is 0 Å². The molecule has 406 valence electrons. The first-order chi connectivity index (χ1) is 34.0. The van der Waals surface area contributed by atoms with Gasteiger partial charge in [-0.2, -0.15) is 0 Å². The number of hydrogen-bond donors (Lipinski definition) is 3. The van der Waals surface area contributed by atoms with Crippen molar-refractivity contribution in [2.24, 2.45) is 0 Å². The summed E-state index contributed by atoms with van der Waals surface area (Å²) < 4.78 is 5.96. The number of unbranched alkanes of at least 4 members (excludes halogenated alkanes) is 39. The smallest absolute Gasteiger partial charge is 0.306 e. The average Bonchev–Trinajstić information content (AvgIpc) is 3.34. The molecule has 0 bridgehead atoms. The van der Waals surface area contributed by atoms with Crippen LogP contribution in [0.5, 0.6) is 0 Å². The van der Waals surface area contributed by atoms with E-state index < -0.39 is 18.2 Å². The molecule has 0 spiro atoms. The van der Waals surface area contributed by atoms with Crippen LogP contribution in [0.2, 0.25) is 0 Å². The lowest BCUT2D eigenvalue weighted by molar-refractivity contribution is -0.151. The molecule has 69 heavy (non-hydrogen) atoms. The van der Waals surface area contributed by atoms with Gasteiger partial charge in [-0.1, -0.05) is 276 Å². The van der Waals surface area contributed by atoms with Gasteiger partial charge in [0.15, 0.2) is 0 Å². The third kappa shape index (κ3) is 52.2. The van der Waals surface area contributed by atoms with Gasteiger partial charge in [-0.15, -0.1) is 0 Å². The Morgan fingerprint density at radius 2 is 0.739 bits per heavy atom. The number of esters is 1. The number of ether oxygens (including phenoxy) is 1. The molecule has 0 aromatic heterocycles. The molecule has 0 fully saturated rings. The van der Waals surface area contributed by atoms with E-state index in [9.17, 15) is 19.8 Å². The second-order valence-electron chi connectivity index (χ2n) is 21.1. The molecule has 3 unspecified atom stereocenters. The highest BCUT2D eigenvalue weighted by Crippen LogP contribution is 2.19. The van der Waals surface area contributed by atoms with Gasteiger partial charge in [-0.3, -0.25) is 9.59 Å². The molecule has 0 aliphatic carbocycles. The highest BCUT2D eigenvalue weighted by Gasteiger charge is 2.24. The van der Waals surface area contributed by atoms with Crippen molar-refractivity contribution in [3.8, 4) is 0 Å². The van der Waals surface area contributed by atoms with Gasteiger partial charge in [0, 0.05) is 6.42 Å². The summed E-state index contributed by atoms with van der Waals surface area (Å²) in [5.74, 6) is -0.493. The number of rotatable bonds is 56. The molecule has 0 saturated heterocycles. The summed E-state index contributed by atoms with van der Waals surface area (Å²) in [5, 5.41) is 24.0. The summed E-state index contributed by atoms with van der Waals surface area (Å²) in [6.45, 7) is 6.51. The SMILES string of the molecule is CCCCCCCC/C=C/CCCCCCCCCC(CC(=O)NC(CO)C(O)CCCCCCCCCCCCCCCCCCC)OC(=O)CCCCC/C=C/C=C/CCCCCCCCC. The molecule has 3 N–H and O–H groups in total. The highest BCUT2D eigenvalue weighted by atomic mass is 16.5. The summed E-state index contributed by atoms with van der Waals surface area (Å²) in [6.07, 6.45) is 69.3. The molecule has 0 aromatic carbocycles. The first kappa shape index (κ1) is 67.1. The molecular weight excluding hydrogens is 851 g/mol. The van der Waals surface area contributed by atoms with Crippen LogP contribution < -0.4 is 5.32 Å². The number of aliphatic hydroxyl groups excluding tert-OH is 2. The van der Waals surface area contributed by atoms with E-state index in [1.165, 1.54) is 218 Å². The largest absolute Gasteiger partial charge is 0.462 e. The zero-order chi connectivity index (χ0) is 50.2. The van der Waals surface area contributed by atoms with Crippen molar-refractivity contribution < 1.29 is 24.5 Å².